The highest BCUT2D eigenvalue weighted by molar-refractivity contribution is 7.12. The van der Waals surface area contributed by atoms with Gasteiger partial charge in [-0.25, -0.2) is 4.79 Å². The molecule has 1 fully saturated rings. The summed E-state index contributed by atoms with van der Waals surface area (Å²) in [6.07, 6.45) is 2.26. The smallest absolute Gasteiger partial charge is 0.336 e. The van der Waals surface area contributed by atoms with Crippen LogP contribution in [0.2, 0.25) is 0 Å². The molecule has 0 amide bonds. The van der Waals surface area contributed by atoms with Crippen molar-refractivity contribution in [1.82, 2.24) is 0 Å². The van der Waals surface area contributed by atoms with Crippen LogP contribution in [0.3, 0.4) is 0 Å². The first kappa shape index (κ1) is 15.2. The van der Waals surface area contributed by atoms with E-state index in [0.29, 0.717) is 17.7 Å². The Labute approximate surface area is 133 Å². The fraction of sp³-hybridized carbons (Fsp3) is 0.471. The number of carbonyl (C=O) groups excluding carboxylic acids is 2. The summed E-state index contributed by atoms with van der Waals surface area (Å²) in [5, 5.41) is 0. The van der Waals surface area contributed by atoms with Gasteiger partial charge in [-0.2, -0.15) is 0 Å². The van der Waals surface area contributed by atoms with Crippen molar-refractivity contribution in [3.63, 3.8) is 0 Å². The number of ether oxygens (including phenoxy) is 1. The van der Waals surface area contributed by atoms with E-state index in [1.165, 1.54) is 12.0 Å². The number of esters is 1. The van der Waals surface area contributed by atoms with Gasteiger partial charge in [-0.05, 0) is 38.8 Å². The third kappa shape index (κ3) is 2.43. The molecule has 0 N–H and O–H groups in total. The molecule has 0 bridgehead atoms. The van der Waals surface area contributed by atoms with Crippen molar-refractivity contribution in [2.45, 2.75) is 39.0 Å². The van der Waals surface area contributed by atoms with E-state index in [9.17, 15) is 9.59 Å². The number of fused-ring (bicyclic) bond motifs is 1. The number of ketones is 1. The average molecular weight is 317 g/mol. The number of methoxy groups -OCH3 is 1. The maximum atomic E-state index is 12.5. The molecule has 2 heterocycles. The number of carbonyl (C=O) groups is 2. The van der Waals surface area contributed by atoms with Crippen LogP contribution >= 0.6 is 11.3 Å². The molecule has 1 aliphatic heterocycles. The predicted molar refractivity (Wildman–Crippen MR) is 86.3 cm³/mol. The third-order valence-corrected chi connectivity index (χ3v) is 5.46. The first-order valence-electron chi connectivity index (χ1n) is 7.48. The molecule has 5 heteroatoms. The number of allylic oxidation sites excluding steroid dienone is 1. The second kappa shape index (κ2) is 5.80. The molecule has 3 rings (SSSR count). The molecule has 2 aliphatic rings. The molecule has 1 unspecified atom stereocenters. The molecule has 0 saturated heterocycles. The number of rotatable bonds is 2. The van der Waals surface area contributed by atoms with Gasteiger partial charge in [0.15, 0.2) is 0 Å². The zero-order chi connectivity index (χ0) is 15.9. The molecular weight excluding hydrogens is 298 g/mol. The van der Waals surface area contributed by atoms with Gasteiger partial charge in [0.25, 0.3) is 0 Å². The van der Waals surface area contributed by atoms with E-state index in [1.54, 1.807) is 11.3 Å². The van der Waals surface area contributed by atoms with Crippen molar-refractivity contribution < 1.29 is 14.3 Å². The van der Waals surface area contributed by atoms with Gasteiger partial charge in [0.05, 0.1) is 18.6 Å². The zero-order valence-corrected chi connectivity index (χ0v) is 13.8. The van der Waals surface area contributed by atoms with E-state index >= 15 is 0 Å². The molecule has 1 aliphatic carbocycles. The molecule has 4 nitrogen and oxygen atoms in total. The maximum Gasteiger partial charge on any atom is 0.336 e. The van der Waals surface area contributed by atoms with Crippen molar-refractivity contribution in [3.05, 3.63) is 33.2 Å². The molecule has 116 valence electrons. The zero-order valence-electron chi connectivity index (χ0n) is 13.0. The fourth-order valence-electron chi connectivity index (χ4n) is 3.42. The van der Waals surface area contributed by atoms with Crippen LogP contribution in [0.15, 0.2) is 28.4 Å². The fourth-order valence-corrected chi connectivity index (χ4v) is 4.45. The Morgan fingerprint density at radius 1 is 1.27 bits per heavy atom. The number of hydrogen-bond acceptors (Lipinski definition) is 5. The summed E-state index contributed by atoms with van der Waals surface area (Å²) in [7, 11) is 1.38. The first-order valence-corrected chi connectivity index (χ1v) is 8.30. The Hall–Kier alpha value is -1.75. The summed E-state index contributed by atoms with van der Waals surface area (Å²) in [5.74, 6) is -0.735. The van der Waals surface area contributed by atoms with Crippen molar-refractivity contribution in [2.24, 2.45) is 10.9 Å². The van der Waals surface area contributed by atoms with Crippen LogP contribution in [0, 0.1) is 12.8 Å². The molecule has 1 saturated carbocycles. The predicted octanol–water partition coefficient (Wildman–Crippen LogP) is 3.41. The lowest BCUT2D eigenvalue weighted by atomic mass is 9.71. The summed E-state index contributed by atoms with van der Waals surface area (Å²) in [5.41, 5.74) is 2.15. The lowest BCUT2D eigenvalue weighted by Gasteiger charge is -2.34. The van der Waals surface area contributed by atoms with Crippen LogP contribution in [0.25, 0.3) is 0 Å². The molecule has 0 aromatic carbocycles. The normalized spacial score (nSPS) is 24.9. The highest BCUT2D eigenvalue weighted by atomic mass is 32.1. The van der Waals surface area contributed by atoms with Gasteiger partial charge >= 0.3 is 5.97 Å². The lowest BCUT2D eigenvalue weighted by Crippen LogP contribution is -2.38. The summed E-state index contributed by atoms with van der Waals surface area (Å²) < 4.78 is 4.96. The van der Waals surface area contributed by atoms with Crippen LogP contribution in [-0.4, -0.2) is 24.6 Å². The third-order valence-electron chi connectivity index (χ3n) is 4.38. The van der Waals surface area contributed by atoms with Crippen LogP contribution in [0.1, 0.15) is 41.9 Å². The second-order valence-electron chi connectivity index (χ2n) is 5.82. The summed E-state index contributed by atoms with van der Waals surface area (Å²) in [4.78, 5) is 31.6. The van der Waals surface area contributed by atoms with Crippen molar-refractivity contribution in [1.29, 1.82) is 0 Å². The highest BCUT2D eigenvalue weighted by Gasteiger charge is 2.44. The molecular formula is C17H19NO3S. The Kier molecular flexibility index (Phi) is 4.00. The number of thiophene rings is 1. The minimum atomic E-state index is -0.380. The van der Waals surface area contributed by atoms with Crippen LogP contribution in [-0.2, 0) is 14.3 Å². The van der Waals surface area contributed by atoms with Crippen molar-refractivity contribution >= 4 is 28.8 Å². The monoisotopic (exact) mass is 317 g/mol. The number of hydrogen-bond donors (Lipinski definition) is 0. The number of Topliss-reactive ketones (excluding diaryl/α,β-unsaturated/α-hetero) is 1. The number of aryl methyl sites for hydroxylation is 1. The summed E-state index contributed by atoms with van der Waals surface area (Å²) >= 11 is 1.64. The lowest BCUT2D eigenvalue weighted by molar-refractivity contribution is -0.136. The largest absolute Gasteiger partial charge is 0.466 e. The van der Waals surface area contributed by atoms with Gasteiger partial charge in [-0.3, -0.25) is 9.79 Å². The number of aliphatic imine (C=N–C) groups is 1. The second-order valence-corrected chi connectivity index (χ2v) is 7.14. The molecule has 1 aromatic heterocycles. The van der Waals surface area contributed by atoms with Gasteiger partial charge in [0, 0.05) is 33.5 Å². The molecule has 1 aromatic rings. The van der Waals surface area contributed by atoms with E-state index in [4.69, 9.17) is 4.74 Å². The molecule has 0 radical (unpaired) electrons. The van der Waals surface area contributed by atoms with Gasteiger partial charge in [-0.15, -0.1) is 11.3 Å². The minimum absolute atomic E-state index is 0.190. The van der Waals surface area contributed by atoms with Gasteiger partial charge in [-0.1, -0.05) is 0 Å². The van der Waals surface area contributed by atoms with E-state index in [-0.39, 0.29) is 23.6 Å². The standard InChI is InChI=1S/C17H19NO3S/c1-9-7-8-13(22-9)16-14(17(20)21-3)10(2)18-11-5-4-6-12(19)15(11)16/h7-8,15-16H,4-6H2,1-3H3/t15?,16-/m1/s1. The molecule has 22 heavy (non-hydrogen) atoms. The van der Waals surface area contributed by atoms with Crippen molar-refractivity contribution in [3.8, 4) is 0 Å². The summed E-state index contributed by atoms with van der Waals surface area (Å²) in [6, 6.07) is 4.05. The van der Waals surface area contributed by atoms with Crippen LogP contribution in [0.5, 0.6) is 0 Å². The highest BCUT2D eigenvalue weighted by Crippen LogP contribution is 2.44. The topological polar surface area (TPSA) is 55.7 Å². The Morgan fingerprint density at radius 3 is 2.68 bits per heavy atom. The van der Waals surface area contributed by atoms with E-state index in [2.05, 4.69) is 4.99 Å². The SMILES string of the molecule is COC(=O)C1=C(C)N=C2CCCC(=O)C2[C@@H]1c1ccc(C)s1. The van der Waals surface area contributed by atoms with Gasteiger partial charge in [0.1, 0.15) is 5.78 Å². The van der Waals surface area contributed by atoms with Gasteiger partial charge < -0.3 is 4.74 Å². The van der Waals surface area contributed by atoms with Crippen molar-refractivity contribution in [2.75, 3.05) is 7.11 Å². The Balaban J connectivity index is 2.17. The first-order chi connectivity index (χ1) is 10.5. The van der Waals surface area contributed by atoms with Gasteiger partial charge in [0.2, 0.25) is 0 Å². The molecule has 2 atom stereocenters. The number of nitrogens with zero attached hydrogens (tertiary/aromatic N) is 1. The quantitative estimate of drug-likeness (QED) is 0.785. The van der Waals surface area contributed by atoms with Crippen LogP contribution in [0.4, 0.5) is 0 Å². The average Bonchev–Trinajstić information content (AvgIpc) is 2.91. The maximum absolute atomic E-state index is 12.5. The minimum Gasteiger partial charge on any atom is -0.466 e. The summed E-state index contributed by atoms with van der Waals surface area (Å²) in [6.45, 7) is 3.87. The Morgan fingerprint density at radius 2 is 2.05 bits per heavy atom. The van der Waals surface area contributed by atoms with Crippen LogP contribution < -0.4 is 0 Å². The molecule has 0 spiro atoms. The van der Waals surface area contributed by atoms with E-state index in [1.807, 2.05) is 26.0 Å². The Bertz CT molecular complexity index is 699. The van der Waals surface area contributed by atoms with E-state index < -0.39 is 0 Å². The van der Waals surface area contributed by atoms with E-state index in [0.717, 1.165) is 23.4 Å².